The lowest BCUT2D eigenvalue weighted by atomic mass is 10.2. The highest BCUT2D eigenvalue weighted by Crippen LogP contribution is 2.14. The standard InChI is InChI=1S/C17H18INO2/c1-13-6-5-7-14(12-13)21-11-10-19(2)17(20)15-8-3-4-9-16(15)18/h3-9,12H,10-11H2,1-2H3. The van der Waals surface area contributed by atoms with E-state index in [0.717, 1.165) is 20.4 Å². The molecule has 0 spiro atoms. The Balaban J connectivity index is 1.89. The van der Waals surface area contributed by atoms with E-state index < -0.39 is 0 Å². The quantitative estimate of drug-likeness (QED) is 0.722. The second-order valence-electron chi connectivity index (χ2n) is 4.87. The van der Waals surface area contributed by atoms with E-state index in [1.807, 2.05) is 55.5 Å². The Kier molecular flexibility index (Phi) is 5.61. The Morgan fingerprint density at radius 2 is 1.95 bits per heavy atom. The Hall–Kier alpha value is -1.56. The normalized spacial score (nSPS) is 10.2. The van der Waals surface area contributed by atoms with E-state index in [2.05, 4.69) is 22.6 Å². The van der Waals surface area contributed by atoms with Crippen LogP contribution in [0.25, 0.3) is 0 Å². The lowest BCUT2D eigenvalue weighted by Crippen LogP contribution is -2.31. The molecule has 4 heteroatoms. The van der Waals surface area contributed by atoms with Crippen LogP contribution >= 0.6 is 22.6 Å². The van der Waals surface area contributed by atoms with Gasteiger partial charge >= 0.3 is 0 Å². The first-order valence-electron chi connectivity index (χ1n) is 6.77. The maximum atomic E-state index is 12.3. The molecule has 0 aliphatic rings. The van der Waals surface area contributed by atoms with Crippen molar-refractivity contribution in [3.8, 4) is 5.75 Å². The first-order chi connectivity index (χ1) is 10.1. The number of likely N-dealkylation sites (N-methyl/N-ethyl adjacent to an activating group) is 1. The minimum atomic E-state index is 0.0212. The highest BCUT2D eigenvalue weighted by atomic mass is 127. The van der Waals surface area contributed by atoms with Gasteiger partial charge in [0.15, 0.2) is 0 Å². The molecular formula is C17H18INO2. The van der Waals surface area contributed by atoms with Crippen molar-refractivity contribution in [2.75, 3.05) is 20.2 Å². The van der Waals surface area contributed by atoms with Crippen LogP contribution in [0.5, 0.6) is 5.75 Å². The molecule has 0 fully saturated rings. The number of hydrogen-bond acceptors (Lipinski definition) is 2. The van der Waals surface area contributed by atoms with Crippen LogP contribution in [0.3, 0.4) is 0 Å². The number of rotatable bonds is 5. The van der Waals surface area contributed by atoms with Crippen LogP contribution in [0.2, 0.25) is 0 Å². The molecule has 2 aromatic rings. The molecule has 3 nitrogen and oxygen atoms in total. The van der Waals surface area contributed by atoms with Gasteiger partial charge in [0.2, 0.25) is 0 Å². The average Bonchev–Trinajstić information content (AvgIpc) is 2.47. The van der Waals surface area contributed by atoms with Gasteiger partial charge in [-0.1, -0.05) is 24.3 Å². The van der Waals surface area contributed by atoms with E-state index >= 15 is 0 Å². The van der Waals surface area contributed by atoms with Crippen molar-refractivity contribution in [2.24, 2.45) is 0 Å². The Morgan fingerprint density at radius 3 is 2.67 bits per heavy atom. The lowest BCUT2D eigenvalue weighted by Gasteiger charge is -2.18. The van der Waals surface area contributed by atoms with Gasteiger partial charge in [0.1, 0.15) is 12.4 Å². The molecule has 0 unspecified atom stereocenters. The molecule has 0 radical (unpaired) electrons. The first-order valence-corrected chi connectivity index (χ1v) is 7.85. The second kappa shape index (κ2) is 7.45. The number of aryl methyl sites for hydroxylation is 1. The fourth-order valence-electron chi connectivity index (χ4n) is 1.95. The third-order valence-electron chi connectivity index (χ3n) is 3.14. The molecule has 0 heterocycles. The van der Waals surface area contributed by atoms with Gasteiger partial charge in [-0.15, -0.1) is 0 Å². The topological polar surface area (TPSA) is 29.5 Å². The van der Waals surface area contributed by atoms with Crippen molar-refractivity contribution >= 4 is 28.5 Å². The smallest absolute Gasteiger partial charge is 0.254 e. The summed E-state index contributed by atoms with van der Waals surface area (Å²) in [5.41, 5.74) is 1.90. The number of halogens is 1. The fraction of sp³-hybridized carbons (Fsp3) is 0.235. The predicted molar refractivity (Wildman–Crippen MR) is 92.8 cm³/mol. The largest absolute Gasteiger partial charge is 0.492 e. The van der Waals surface area contributed by atoms with Gasteiger partial charge in [-0.3, -0.25) is 4.79 Å². The van der Waals surface area contributed by atoms with Gasteiger partial charge in [-0.2, -0.15) is 0 Å². The zero-order chi connectivity index (χ0) is 15.2. The number of ether oxygens (including phenoxy) is 1. The van der Waals surface area contributed by atoms with Gasteiger partial charge in [0.05, 0.1) is 12.1 Å². The van der Waals surface area contributed by atoms with E-state index in [1.165, 1.54) is 0 Å². The molecule has 2 aromatic carbocycles. The zero-order valence-corrected chi connectivity index (χ0v) is 14.3. The number of benzene rings is 2. The van der Waals surface area contributed by atoms with Crippen LogP contribution in [0.1, 0.15) is 15.9 Å². The maximum absolute atomic E-state index is 12.3. The third-order valence-corrected chi connectivity index (χ3v) is 4.08. The van der Waals surface area contributed by atoms with Gasteiger partial charge in [-0.25, -0.2) is 0 Å². The Bertz CT molecular complexity index is 628. The summed E-state index contributed by atoms with van der Waals surface area (Å²) in [6.07, 6.45) is 0. The van der Waals surface area contributed by atoms with Gasteiger partial charge < -0.3 is 9.64 Å². The molecule has 0 saturated carbocycles. The third kappa shape index (κ3) is 4.46. The van der Waals surface area contributed by atoms with Crippen molar-refractivity contribution in [1.82, 2.24) is 4.90 Å². The van der Waals surface area contributed by atoms with Crippen molar-refractivity contribution < 1.29 is 9.53 Å². The van der Waals surface area contributed by atoms with Crippen LogP contribution in [-0.4, -0.2) is 31.0 Å². The minimum Gasteiger partial charge on any atom is -0.492 e. The number of carbonyl (C=O) groups is 1. The summed E-state index contributed by atoms with van der Waals surface area (Å²) in [5.74, 6) is 0.859. The highest BCUT2D eigenvalue weighted by molar-refractivity contribution is 14.1. The van der Waals surface area contributed by atoms with Crippen LogP contribution in [-0.2, 0) is 0 Å². The Morgan fingerprint density at radius 1 is 1.19 bits per heavy atom. The van der Waals surface area contributed by atoms with Crippen LogP contribution in [0.15, 0.2) is 48.5 Å². The fourth-order valence-corrected chi connectivity index (χ4v) is 2.57. The van der Waals surface area contributed by atoms with Crippen LogP contribution in [0.4, 0.5) is 0 Å². The second-order valence-corrected chi connectivity index (χ2v) is 6.03. The summed E-state index contributed by atoms with van der Waals surface area (Å²) in [5, 5.41) is 0. The van der Waals surface area contributed by atoms with E-state index in [0.29, 0.717) is 13.2 Å². The van der Waals surface area contributed by atoms with Crippen LogP contribution in [0, 0.1) is 10.5 Å². The summed E-state index contributed by atoms with van der Waals surface area (Å²) in [7, 11) is 1.80. The molecule has 0 atom stereocenters. The molecule has 1 amide bonds. The number of hydrogen-bond donors (Lipinski definition) is 0. The molecule has 0 N–H and O–H groups in total. The maximum Gasteiger partial charge on any atom is 0.254 e. The molecule has 0 bridgehead atoms. The van der Waals surface area contributed by atoms with Crippen molar-refractivity contribution in [1.29, 1.82) is 0 Å². The summed E-state index contributed by atoms with van der Waals surface area (Å²) in [6, 6.07) is 15.5. The van der Waals surface area contributed by atoms with Gasteiger partial charge in [0, 0.05) is 10.6 Å². The lowest BCUT2D eigenvalue weighted by molar-refractivity contribution is 0.0772. The van der Waals surface area contributed by atoms with E-state index in [1.54, 1.807) is 11.9 Å². The first kappa shape index (κ1) is 15.8. The molecule has 21 heavy (non-hydrogen) atoms. The monoisotopic (exact) mass is 395 g/mol. The molecule has 0 aromatic heterocycles. The number of nitrogens with zero attached hydrogens (tertiary/aromatic N) is 1. The summed E-state index contributed by atoms with van der Waals surface area (Å²) >= 11 is 2.18. The van der Waals surface area contributed by atoms with Crippen LogP contribution < -0.4 is 4.74 Å². The minimum absolute atomic E-state index is 0.0212. The van der Waals surface area contributed by atoms with Crippen molar-refractivity contribution in [3.05, 3.63) is 63.2 Å². The summed E-state index contributed by atoms with van der Waals surface area (Å²) in [6.45, 7) is 3.06. The molecule has 2 rings (SSSR count). The molecule has 0 aliphatic carbocycles. The molecule has 110 valence electrons. The number of carbonyl (C=O) groups excluding carboxylic acids is 1. The van der Waals surface area contributed by atoms with Crippen molar-refractivity contribution in [3.63, 3.8) is 0 Å². The molecule has 0 saturated heterocycles. The molecule has 0 aliphatic heterocycles. The summed E-state index contributed by atoms with van der Waals surface area (Å²) in [4.78, 5) is 14.0. The van der Waals surface area contributed by atoms with E-state index in [4.69, 9.17) is 4.74 Å². The highest BCUT2D eigenvalue weighted by Gasteiger charge is 2.13. The van der Waals surface area contributed by atoms with Gasteiger partial charge in [0.25, 0.3) is 5.91 Å². The molecular weight excluding hydrogens is 377 g/mol. The van der Waals surface area contributed by atoms with E-state index in [9.17, 15) is 4.79 Å². The van der Waals surface area contributed by atoms with E-state index in [-0.39, 0.29) is 5.91 Å². The average molecular weight is 395 g/mol. The predicted octanol–water partition coefficient (Wildman–Crippen LogP) is 3.75. The van der Waals surface area contributed by atoms with Gasteiger partial charge in [-0.05, 0) is 59.3 Å². The Labute approximate surface area is 139 Å². The SMILES string of the molecule is Cc1cccc(OCCN(C)C(=O)c2ccccc2I)c1. The summed E-state index contributed by atoms with van der Waals surface area (Å²) < 4.78 is 6.64. The number of amides is 1. The zero-order valence-electron chi connectivity index (χ0n) is 12.2. The van der Waals surface area contributed by atoms with Crippen molar-refractivity contribution in [2.45, 2.75) is 6.92 Å².